The maximum atomic E-state index is 13.2. The zero-order valence-electron chi connectivity index (χ0n) is 18.3. The van der Waals surface area contributed by atoms with Gasteiger partial charge in [0.1, 0.15) is 0 Å². The number of anilines is 1. The molecule has 0 aromatic heterocycles. The number of hydrogen-bond acceptors (Lipinski definition) is 4. The molecular formula is C26H29NO4. The van der Waals surface area contributed by atoms with Crippen molar-refractivity contribution < 1.29 is 19.0 Å². The van der Waals surface area contributed by atoms with Crippen LogP contribution in [0.25, 0.3) is 0 Å². The molecule has 5 nitrogen and oxygen atoms in total. The van der Waals surface area contributed by atoms with Gasteiger partial charge >= 0.3 is 0 Å². The first kappa shape index (κ1) is 22.2. The van der Waals surface area contributed by atoms with Gasteiger partial charge in [-0.2, -0.15) is 0 Å². The van der Waals surface area contributed by atoms with Crippen LogP contribution in [-0.2, 0) is 17.6 Å². The number of ether oxygens (including phenoxy) is 3. The van der Waals surface area contributed by atoms with Crippen LogP contribution in [-0.4, -0.2) is 33.8 Å². The number of benzene rings is 3. The highest BCUT2D eigenvalue weighted by Crippen LogP contribution is 2.40. The van der Waals surface area contributed by atoms with Crippen LogP contribution in [0, 0.1) is 0 Å². The molecule has 0 fully saturated rings. The van der Waals surface area contributed by atoms with Crippen LogP contribution < -0.4 is 19.1 Å². The lowest BCUT2D eigenvalue weighted by molar-refractivity contribution is -0.118. The van der Waals surface area contributed by atoms with Gasteiger partial charge in [-0.15, -0.1) is 0 Å². The zero-order valence-corrected chi connectivity index (χ0v) is 18.3. The monoisotopic (exact) mass is 419 g/mol. The standard InChI is InChI=1S/C26H29NO4/c1-29-23-16-14-21(25(30-2)26(23)31-3)15-17-24(28)27(22-12-8-5-9-13-22)19-18-20-10-6-4-7-11-20/h4-14,16H,15,17-19H2,1-3H3. The first-order valence-electron chi connectivity index (χ1n) is 10.3. The molecule has 0 aliphatic rings. The van der Waals surface area contributed by atoms with Crippen molar-refractivity contribution in [2.45, 2.75) is 19.3 Å². The summed E-state index contributed by atoms with van der Waals surface area (Å²) in [5.74, 6) is 1.81. The Bertz CT molecular complexity index is 973. The van der Waals surface area contributed by atoms with Crippen LogP contribution in [0.3, 0.4) is 0 Å². The Kier molecular flexibility index (Phi) is 7.93. The van der Waals surface area contributed by atoms with Gasteiger partial charge in [0.05, 0.1) is 21.3 Å². The van der Waals surface area contributed by atoms with E-state index >= 15 is 0 Å². The van der Waals surface area contributed by atoms with Crippen LogP contribution >= 0.6 is 0 Å². The first-order valence-corrected chi connectivity index (χ1v) is 10.3. The fourth-order valence-corrected chi connectivity index (χ4v) is 3.63. The summed E-state index contributed by atoms with van der Waals surface area (Å²) in [6.45, 7) is 0.621. The third-order valence-corrected chi connectivity index (χ3v) is 5.23. The Labute approximate surface area is 184 Å². The Morgan fingerprint density at radius 2 is 1.39 bits per heavy atom. The Morgan fingerprint density at radius 1 is 0.742 bits per heavy atom. The summed E-state index contributed by atoms with van der Waals surface area (Å²) < 4.78 is 16.4. The van der Waals surface area contributed by atoms with E-state index in [2.05, 4.69) is 12.1 Å². The molecule has 0 bridgehead atoms. The number of methoxy groups -OCH3 is 3. The Balaban J connectivity index is 1.76. The van der Waals surface area contributed by atoms with Crippen molar-refractivity contribution in [2.75, 3.05) is 32.8 Å². The van der Waals surface area contributed by atoms with Crippen LogP contribution in [0.2, 0.25) is 0 Å². The number of amides is 1. The number of hydrogen-bond donors (Lipinski definition) is 0. The van der Waals surface area contributed by atoms with E-state index in [1.54, 1.807) is 21.3 Å². The number of carbonyl (C=O) groups is 1. The highest BCUT2D eigenvalue weighted by molar-refractivity contribution is 5.93. The second-order valence-electron chi connectivity index (χ2n) is 7.11. The van der Waals surface area contributed by atoms with E-state index in [0.29, 0.717) is 36.6 Å². The number of rotatable bonds is 10. The van der Waals surface area contributed by atoms with Crippen molar-refractivity contribution in [1.29, 1.82) is 0 Å². The molecule has 0 N–H and O–H groups in total. The predicted octanol–water partition coefficient (Wildman–Crippen LogP) is 4.92. The van der Waals surface area contributed by atoms with Crippen molar-refractivity contribution >= 4 is 11.6 Å². The second-order valence-corrected chi connectivity index (χ2v) is 7.11. The smallest absolute Gasteiger partial charge is 0.227 e. The van der Waals surface area contributed by atoms with E-state index in [1.165, 1.54) is 5.56 Å². The highest BCUT2D eigenvalue weighted by atomic mass is 16.5. The van der Waals surface area contributed by atoms with Crippen LogP contribution in [0.4, 0.5) is 5.69 Å². The van der Waals surface area contributed by atoms with Gasteiger partial charge in [-0.1, -0.05) is 54.6 Å². The normalized spacial score (nSPS) is 10.4. The maximum Gasteiger partial charge on any atom is 0.227 e. The van der Waals surface area contributed by atoms with Gasteiger partial charge in [-0.05, 0) is 42.2 Å². The summed E-state index contributed by atoms with van der Waals surface area (Å²) >= 11 is 0. The number of nitrogens with zero attached hydrogens (tertiary/aromatic N) is 1. The molecule has 0 unspecified atom stereocenters. The molecule has 31 heavy (non-hydrogen) atoms. The summed E-state index contributed by atoms with van der Waals surface area (Å²) in [6.07, 6.45) is 1.69. The van der Waals surface area contributed by atoms with Gasteiger partial charge < -0.3 is 19.1 Å². The lowest BCUT2D eigenvalue weighted by atomic mass is 10.1. The molecule has 0 saturated heterocycles. The molecular weight excluding hydrogens is 390 g/mol. The molecule has 1 amide bonds. The lowest BCUT2D eigenvalue weighted by Crippen LogP contribution is -2.33. The minimum Gasteiger partial charge on any atom is -0.493 e. The molecule has 5 heteroatoms. The van der Waals surface area contributed by atoms with E-state index in [9.17, 15) is 4.79 Å². The largest absolute Gasteiger partial charge is 0.493 e. The fraction of sp³-hybridized carbons (Fsp3) is 0.269. The van der Waals surface area contributed by atoms with E-state index in [4.69, 9.17) is 14.2 Å². The third kappa shape index (κ3) is 5.57. The molecule has 0 spiro atoms. The molecule has 0 heterocycles. The van der Waals surface area contributed by atoms with Gasteiger partial charge in [-0.3, -0.25) is 4.79 Å². The number of carbonyl (C=O) groups excluding carboxylic acids is 1. The van der Waals surface area contributed by atoms with Crippen molar-refractivity contribution in [2.24, 2.45) is 0 Å². The first-order chi connectivity index (χ1) is 15.2. The van der Waals surface area contributed by atoms with Crippen LogP contribution in [0.1, 0.15) is 17.5 Å². The van der Waals surface area contributed by atoms with E-state index in [1.807, 2.05) is 65.6 Å². The molecule has 0 atom stereocenters. The van der Waals surface area contributed by atoms with Gasteiger partial charge in [-0.25, -0.2) is 0 Å². The summed E-state index contributed by atoms with van der Waals surface area (Å²) in [6, 6.07) is 23.8. The third-order valence-electron chi connectivity index (χ3n) is 5.23. The topological polar surface area (TPSA) is 48.0 Å². The molecule has 0 saturated carbocycles. The summed E-state index contributed by atoms with van der Waals surface area (Å²) in [5, 5.41) is 0. The lowest BCUT2D eigenvalue weighted by Gasteiger charge is -2.23. The minimum absolute atomic E-state index is 0.0685. The van der Waals surface area contributed by atoms with Crippen molar-refractivity contribution in [3.05, 3.63) is 83.9 Å². The van der Waals surface area contributed by atoms with Gasteiger partial charge in [0.2, 0.25) is 11.7 Å². The fourth-order valence-electron chi connectivity index (χ4n) is 3.63. The number of para-hydroxylation sites is 1. The molecule has 3 aromatic carbocycles. The van der Waals surface area contributed by atoms with E-state index < -0.39 is 0 Å². The molecule has 162 valence electrons. The van der Waals surface area contributed by atoms with E-state index in [-0.39, 0.29) is 5.91 Å². The quantitative estimate of drug-likeness (QED) is 0.468. The minimum atomic E-state index is 0.0685. The summed E-state index contributed by atoms with van der Waals surface area (Å²) in [5.41, 5.74) is 3.02. The molecule has 3 aromatic rings. The second kappa shape index (κ2) is 11.1. The van der Waals surface area contributed by atoms with Crippen LogP contribution in [0.5, 0.6) is 17.2 Å². The zero-order chi connectivity index (χ0) is 22.1. The van der Waals surface area contributed by atoms with Gasteiger partial charge in [0.25, 0.3) is 0 Å². The summed E-state index contributed by atoms with van der Waals surface area (Å²) in [7, 11) is 4.76. The average molecular weight is 420 g/mol. The Morgan fingerprint density at radius 3 is 2.00 bits per heavy atom. The molecule has 0 radical (unpaired) electrons. The maximum absolute atomic E-state index is 13.2. The molecule has 3 rings (SSSR count). The SMILES string of the molecule is COc1ccc(CCC(=O)N(CCc2ccccc2)c2ccccc2)c(OC)c1OC. The van der Waals surface area contributed by atoms with E-state index in [0.717, 1.165) is 17.7 Å². The average Bonchev–Trinajstić information content (AvgIpc) is 2.83. The van der Waals surface area contributed by atoms with Gasteiger partial charge in [0, 0.05) is 18.7 Å². The molecule has 0 aliphatic heterocycles. The molecule has 0 aliphatic carbocycles. The number of aryl methyl sites for hydroxylation is 1. The highest BCUT2D eigenvalue weighted by Gasteiger charge is 2.19. The van der Waals surface area contributed by atoms with Crippen molar-refractivity contribution in [3.63, 3.8) is 0 Å². The summed E-state index contributed by atoms with van der Waals surface area (Å²) in [4.78, 5) is 15.1. The van der Waals surface area contributed by atoms with Crippen molar-refractivity contribution in [3.8, 4) is 17.2 Å². The van der Waals surface area contributed by atoms with Gasteiger partial charge in [0.15, 0.2) is 11.5 Å². The van der Waals surface area contributed by atoms with Crippen LogP contribution in [0.15, 0.2) is 72.8 Å². The Hall–Kier alpha value is -3.47. The predicted molar refractivity (Wildman–Crippen MR) is 123 cm³/mol. The van der Waals surface area contributed by atoms with Crippen molar-refractivity contribution in [1.82, 2.24) is 0 Å².